The van der Waals surface area contributed by atoms with Gasteiger partial charge in [-0.2, -0.15) is 0 Å². The average Bonchev–Trinajstić information content (AvgIpc) is 2.78. The van der Waals surface area contributed by atoms with Crippen molar-refractivity contribution in [3.63, 3.8) is 0 Å². The second-order valence-corrected chi connectivity index (χ2v) is 3.44. The van der Waals surface area contributed by atoms with Crippen molar-refractivity contribution in [3.8, 4) is 0 Å². The van der Waals surface area contributed by atoms with Crippen LogP contribution in [0.1, 0.15) is 5.76 Å². The van der Waals surface area contributed by atoms with Gasteiger partial charge in [-0.05, 0) is 6.07 Å². The molecule has 0 bridgehead atoms. The molecule has 0 fully saturated rings. The van der Waals surface area contributed by atoms with Gasteiger partial charge < -0.3 is 19.8 Å². The second kappa shape index (κ2) is 7.41. The predicted molar refractivity (Wildman–Crippen MR) is 62.0 cm³/mol. The number of carbonyl (C=O) groups is 1. The van der Waals surface area contributed by atoms with Gasteiger partial charge in [0.15, 0.2) is 0 Å². The van der Waals surface area contributed by atoms with Crippen LogP contribution in [0.3, 0.4) is 0 Å². The zero-order chi connectivity index (χ0) is 13.4. The number of amides is 1. The van der Waals surface area contributed by atoms with E-state index in [4.69, 9.17) is 9.15 Å². The average molecular weight is 257 g/mol. The number of carbonyl (C=O) groups excluding carboxylic acids is 1. The molecule has 0 saturated heterocycles. The van der Waals surface area contributed by atoms with E-state index in [0.29, 0.717) is 18.9 Å². The first-order valence-corrected chi connectivity index (χ1v) is 5.33. The standard InChI is InChI=1S/C10H15N3O5/c1-17-5-4-12-9(14)7-11-6-8-2-3-10(18-8)13(15)16/h2-3,11H,4-7H2,1H3,(H,12,14). The molecule has 100 valence electrons. The van der Waals surface area contributed by atoms with Gasteiger partial charge >= 0.3 is 5.88 Å². The summed E-state index contributed by atoms with van der Waals surface area (Å²) in [6.45, 7) is 1.27. The Balaban J connectivity index is 2.20. The molecule has 0 unspecified atom stereocenters. The number of hydrogen-bond acceptors (Lipinski definition) is 6. The monoisotopic (exact) mass is 257 g/mol. The van der Waals surface area contributed by atoms with Crippen LogP contribution in [0.2, 0.25) is 0 Å². The minimum absolute atomic E-state index is 0.109. The fraction of sp³-hybridized carbons (Fsp3) is 0.500. The number of furan rings is 1. The lowest BCUT2D eigenvalue weighted by Gasteiger charge is -2.04. The normalized spacial score (nSPS) is 10.3. The molecule has 0 radical (unpaired) electrons. The molecule has 0 aliphatic heterocycles. The molecule has 1 rings (SSSR count). The van der Waals surface area contributed by atoms with Crippen LogP contribution >= 0.6 is 0 Å². The van der Waals surface area contributed by atoms with Crippen molar-refractivity contribution in [1.29, 1.82) is 0 Å². The van der Waals surface area contributed by atoms with Crippen molar-refractivity contribution in [2.24, 2.45) is 0 Å². The maximum atomic E-state index is 11.3. The maximum Gasteiger partial charge on any atom is 0.433 e. The summed E-state index contributed by atoms with van der Waals surface area (Å²) in [5, 5.41) is 15.8. The van der Waals surface area contributed by atoms with E-state index in [1.54, 1.807) is 7.11 Å². The van der Waals surface area contributed by atoms with E-state index in [1.807, 2.05) is 0 Å². The summed E-state index contributed by atoms with van der Waals surface area (Å²) in [6.07, 6.45) is 0. The molecule has 8 heteroatoms. The Morgan fingerprint density at radius 2 is 2.33 bits per heavy atom. The topological polar surface area (TPSA) is 107 Å². The zero-order valence-electron chi connectivity index (χ0n) is 9.97. The van der Waals surface area contributed by atoms with Crippen LogP contribution < -0.4 is 10.6 Å². The lowest BCUT2D eigenvalue weighted by atomic mass is 10.4. The van der Waals surface area contributed by atoms with Crippen molar-refractivity contribution < 1.29 is 18.9 Å². The molecule has 1 aromatic heterocycles. The first-order valence-electron chi connectivity index (χ1n) is 5.33. The van der Waals surface area contributed by atoms with E-state index in [0.717, 1.165) is 0 Å². The third-order valence-electron chi connectivity index (χ3n) is 2.04. The van der Waals surface area contributed by atoms with Crippen LogP contribution in [0, 0.1) is 10.1 Å². The minimum atomic E-state index is -0.610. The molecular formula is C10H15N3O5. The van der Waals surface area contributed by atoms with Crippen molar-refractivity contribution >= 4 is 11.8 Å². The van der Waals surface area contributed by atoms with Crippen LogP contribution in [0.25, 0.3) is 0 Å². The number of nitrogens with one attached hydrogen (secondary N) is 2. The van der Waals surface area contributed by atoms with Gasteiger partial charge in [-0.1, -0.05) is 0 Å². The molecule has 0 aliphatic rings. The largest absolute Gasteiger partial charge is 0.433 e. The lowest BCUT2D eigenvalue weighted by molar-refractivity contribution is -0.402. The molecule has 1 aromatic rings. The predicted octanol–water partition coefficient (Wildman–Crippen LogP) is 0.0400. The number of rotatable bonds is 8. The van der Waals surface area contributed by atoms with E-state index < -0.39 is 4.92 Å². The first-order chi connectivity index (χ1) is 8.63. The Morgan fingerprint density at radius 3 is 2.94 bits per heavy atom. The molecule has 2 N–H and O–H groups in total. The fourth-order valence-electron chi connectivity index (χ4n) is 1.21. The summed E-state index contributed by atoms with van der Waals surface area (Å²) in [6, 6.07) is 2.77. The smallest absolute Gasteiger partial charge is 0.404 e. The van der Waals surface area contributed by atoms with Gasteiger partial charge in [0.2, 0.25) is 5.91 Å². The zero-order valence-corrected chi connectivity index (χ0v) is 9.97. The number of ether oxygens (including phenoxy) is 1. The highest BCUT2D eigenvalue weighted by atomic mass is 16.6. The fourth-order valence-corrected chi connectivity index (χ4v) is 1.21. The molecule has 0 aromatic carbocycles. The molecule has 8 nitrogen and oxygen atoms in total. The summed E-state index contributed by atoms with van der Waals surface area (Å²) in [7, 11) is 1.55. The summed E-state index contributed by atoms with van der Waals surface area (Å²) < 4.78 is 9.69. The molecule has 0 aliphatic carbocycles. The molecular weight excluding hydrogens is 242 g/mol. The van der Waals surface area contributed by atoms with Crippen LogP contribution in [-0.4, -0.2) is 37.6 Å². The van der Waals surface area contributed by atoms with Crippen molar-refractivity contribution in [3.05, 3.63) is 28.0 Å². The van der Waals surface area contributed by atoms with E-state index >= 15 is 0 Å². The molecule has 18 heavy (non-hydrogen) atoms. The number of nitro groups is 1. The van der Waals surface area contributed by atoms with Crippen molar-refractivity contribution in [2.75, 3.05) is 26.8 Å². The highest BCUT2D eigenvalue weighted by Gasteiger charge is 2.11. The first kappa shape index (κ1) is 14.1. The van der Waals surface area contributed by atoms with Gasteiger partial charge in [0.05, 0.1) is 25.8 Å². The van der Waals surface area contributed by atoms with E-state index in [2.05, 4.69) is 10.6 Å². The van der Waals surface area contributed by atoms with Crippen LogP contribution in [0.5, 0.6) is 0 Å². The quantitative estimate of drug-likeness (QED) is 0.387. The molecule has 1 amide bonds. The van der Waals surface area contributed by atoms with E-state index in [1.165, 1.54) is 12.1 Å². The van der Waals surface area contributed by atoms with Crippen LogP contribution in [0.4, 0.5) is 5.88 Å². The van der Waals surface area contributed by atoms with Gasteiger partial charge in [0, 0.05) is 13.7 Å². The maximum absolute atomic E-state index is 11.3. The van der Waals surface area contributed by atoms with Gasteiger partial charge in [-0.15, -0.1) is 0 Å². The number of nitrogens with zero attached hydrogens (tertiary/aromatic N) is 1. The van der Waals surface area contributed by atoms with Crippen LogP contribution in [0.15, 0.2) is 16.5 Å². The van der Waals surface area contributed by atoms with Gasteiger partial charge in [0.1, 0.15) is 10.7 Å². The summed E-state index contributed by atoms with van der Waals surface area (Å²) in [5.41, 5.74) is 0. The number of methoxy groups -OCH3 is 1. The Kier molecular flexibility index (Phi) is 5.81. The SMILES string of the molecule is COCCNC(=O)CNCc1ccc([N+](=O)[O-])o1. The highest BCUT2D eigenvalue weighted by Crippen LogP contribution is 2.14. The molecule has 1 heterocycles. The van der Waals surface area contributed by atoms with E-state index in [9.17, 15) is 14.9 Å². The Labute approximate surface area is 103 Å². The Bertz CT molecular complexity index is 404. The second-order valence-electron chi connectivity index (χ2n) is 3.44. The Hall–Kier alpha value is -1.93. The summed E-state index contributed by atoms with van der Waals surface area (Å²) in [5.74, 6) is -0.0733. The van der Waals surface area contributed by atoms with Gasteiger partial charge in [0.25, 0.3) is 0 Å². The molecule has 0 spiro atoms. The van der Waals surface area contributed by atoms with E-state index in [-0.39, 0.29) is 24.9 Å². The highest BCUT2D eigenvalue weighted by molar-refractivity contribution is 5.77. The summed E-state index contributed by atoms with van der Waals surface area (Å²) in [4.78, 5) is 21.0. The van der Waals surface area contributed by atoms with Crippen LogP contribution in [-0.2, 0) is 16.1 Å². The molecule has 0 atom stereocenters. The number of hydrogen-bond donors (Lipinski definition) is 2. The minimum Gasteiger partial charge on any atom is -0.404 e. The third-order valence-corrected chi connectivity index (χ3v) is 2.04. The van der Waals surface area contributed by atoms with Crippen molar-refractivity contribution in [1.82, 2.24) is 10.6 Å². The van der Waals surface area contributed by atoms with Gasteiger partial charge in [-0.25, -0.2) is 0 Å². The lowest BCUT2D eigenvalue weighted by Crippen LogP contribution is -2.35. The Morgan fingerprint density at radius 1 is 1.56 bits per heavy atom. The molecule has 0 saturated carbocycles. The van der Waals surface area contributed by atoms with Gasteiger partial charge in [-0.3, -0.25) is 14.9 Å². The van der Waals surface area contributed by atoms with Crippen molar-refractivity contribution in [2.45, 2.75) is 6.54 Å². The third kappa shape index (κ3) is 4.93. The summed E-state index contributed by atoms with van der Waals surface area (Å²) >= 11 is 0.